The smallest absolute Gasteiger partial charge is 0.326 e. The lowest BCUT2D eigenvalue weighted by atomic mass is 10.2. The molecule has 0 N–H and O–H groups in total. The van der Waals surface area contributed by atoms with E-state index in [-0.39, 0.29) is 18.2 Å². The molecule has 2 rings (SSSR count). The molecule has 100 valence electrons. The molecule has 0 saturated heterocycles. The zero-order valence-corrected chi connectivity index (χ0v) is 11.2. The molecule has 0 radical (unpaired) electrons. The quantitative estimate of drug-likeness (QED) is 0.787. The maximum Gasteiger partial charge on any atom is 0.326 e. The molecular formula is C14H16N2O3. The maximum absolute atomic E-state index is 12.3. The van der Waals surface area contributed by atoms with Crippen LogP contribution in [0.1, 0.15) is 19.7 Å². The van der Waals surface area contributed by atoms with Crippen molar-refractivity contribution < 1.29 is 9.53 Å². The number of para-hydroxylation sites is 1. The molecule has 0 atom stereocenters. The lowest BCUT2D eigenvalue weighted by Crippen LogP contribution is -2.29. The summed E-state index contributed by atoms with van der Waals surface area (Å²) in [5.41, 5.74) is 0.419. The van der Waals surface area contributed by atoms with Gasteiger partial charge in [-0.05, 0) is 32.9 Å². The summed E-state index contributed by atoms with van der Waals surface area (Å²) in [6.07, 6.45) is -0.197. The summed E-state index contributed by atoms with van der Waals surface area (Å²) in [4.78, 5) is 28.3. The number of nitrogens with zero attached hydrogens (tertiary/aromatic N) is 2. The second-order valence-corrected chi connectivity index (χ2v) is 4.61. The molecule has 5 nitrogen and oxygen atoms in total. The van der Waals surface area contributed by atoms with Crippen molar-refractivity contribution in [2.75, 3.05) is 0 Å². The number of aryl methyl sites for hydroxylation is 1. The van der Waals surface area contributed by atoms with Gasteiger partial charge in [0.1, 0.15) is 12.4 Å². The summed E-state index contributed by atoms with van der Waals surface area (Å²) in [7, 11) is 0. The minimum Gasteiger partial charge on any atom is -0.462 e. The molecule has 0 aliphatic heterocycles. The van der Waals surface area contributed by atoms with Gasteiger partial charge < -0.3 is 4.74 Å². The molecule has 0 fully saturated rings. The van der Waals surface area contributed by atoms with Crippen LogP contribution in [0.15, 0.2) is 29.1 Å². The second-order valence-electron chi connectivity index (χ2n) is 4.61. The van der Waals surface area contributed by atoms with E-state index in [1.807, 2.05) is 6.07 Å². The van der Waals surface area contributed by atoms with Gasteiger partial charge >= 0.3 is 5.97 Å². The van der Waals surface area contributed by atoms with Gasteiger partial charge in [0, 0.05) is 0 Å². The van der Waals surface area contributed by atoms with E-state index >= 15 is 0 Å². The third-order valence-corrected chi connectivity index (χ3v) is 2.71. The van der Waals surface area contributed by atoms with Gasteiger partial charge in [0.05, 0.1) is 17.0 Å². The van der Waals surface area contributed by atoms with Gasteiger partial charge in [0.25, 0.3) is 5.56 Å². The van der Waals surface area contributed by atoms with Crippen LogP contribution in [0, 0.1) is 6.92 Å². The van der Waals surface area contributed by atoms with Crippen LogP contribution in [0.25, 0.3) is 10.9 Å². The summed E-state index contributed by atoms with van der Waals surface area (Å²) in [6, 6.07) is 7.08. The van der Waals surface area contributed by atoms with E-state index in [0.717, 1.165) is 0 Å². The Morgan fingerprint density at radius 1 is 1.37 bits per heavy atom. The van der Waals surface area contributed by atoms with Crippen molar-refractivity contribution in [2.45, 2.75) is 33.4 Å². The van der Waals surface area contributed by atoms with E-state index in [4.69, 9.17) is 4.74 Å². The molecule has 1 heterocycles. The molecule has 0 aliphatic carbocycles. The Balaban J connectivity index is 2.44. The van der Waals surface area contributed by atoms with Crippen molar-refractivity contribution in [3.63, 3.8) is 0 Å². The van der Waals surface area contributed by atoms with E-state index < -0.39 is 5.97 Å². The first-order valence-electron chi connectivity index (χ1n) is 6.14. The Hall–Kier alpha value is -2.17. The number of aromatic nitrogens is 2. The van der Waals surface area contributed by atoms with Gasteiger partial charge in [-0.2, -0.15) is 0 Å². The van der Waals surface area contributed by atoms with Crippen molar-refractivity contribution in [1.29, 1.82) is 0 Å². The van der Waals surface area contributed by atoms with Gasteiger partial charge in [-0.3, -0.25) is 14.2 Å². The standard InChI is InChI=1S/C14H16N2O3/c1-9(2)19-13(17)8-16-10(3)15-12-7-5-4-6-11(12)14(16)18/h4-7,9H,8H2,1-3H3. The third-order valence-electron chi connectivity index (χ3n) is 2.71. The molecule has 19 heavy (non-hydrogen) atoms. The average molecular weight is 260 g/mol. The molecule has 1 aromatic heterocycles. The highest BCUT2D eigenvalue weighted by molar-refractivity contribution is 5.78. The molecule has 2 aromatic rings. The van der Waals surface area contributed by atoms with Crippen molar-refractivity contribution in [1.82, 2.24) is 9.55 Å². The topological polar surface area (TPSA) is 61.2 Å². The highest BCUT2D eigenvalue weighted by Crippen LogP contribution is 2.07. The number of benzene rings is 1. The van der Waals surface area contributed by atoms with Crippen LogP contribution in [0.4, 0.5) is 0 Å². The van der Waals surface area contributed by atoms with Gasteiger partial charge in [-0.25, -0.2) is 4.98 Å². The fourth-order valence-corrected chi connectivity index (χ4v) is 1.89. The normalized spacial score (nSPS) is 10.9. The minimum absolute atomic E-state index is 0.110. The Morgan fingerprint density at radius 2 is 2.05 bits per heavy atom. The van der Waals surface area contributed by atoms with Crippen molar-refractivity contribution in [2.24, 2.45) is 0 Å². The molecule has 0 spiro atoms. The number of hydrogen-bond donors (Lipinski definition) is 0. The van der Waals surface area contributed by atoms with E-state index in [9.17, 15) is 9.59 Å². The van der Waals surface area contributed by atoms with Crippen LogP contribution < -0.4 is 5.56 Å². The maximum atomic E-state index is 12.3. The molecule has 0 amide bonds. The Kier molecular flexibility index (Phi) is 3.64. The number of fused-ring (bicyclic) bond motifs is 1. The van der Waals surface area contributed by atoms with Crippen molar-refractivity contribution in [3.05, 3.63) is 40.4 Å². The zero-order chi connectivity index (χ0) is 14.0. The van der Waals surface area contributed by atoms with Crippen LogP contribution in [0.2, 0.25) is 0 Å². The van der Waals surface area contributed by atoms with Crippen LogP contribution in [-0.4, -0.2) is 21.6 Å². The first-order chi connectivity index (χ1) is 8.99. The lowest BCUT2D eigenvalue weighted by molar-refractivity contribution is -0.148. The number of rotatable bonds is 3. The second kappa shape index (κ2) is 5.22. The number of hydrogen-bond acceptors (Lipinski definition) is 4. The van der Waals surface area contributed by atoms with E-state index in [2.05, 4.69) is 4.98 Å². The summed E-state index contributed by atoms with van der Waals surface area (Å²) in [5, 5.41) is 0.505. The number of carbonyl (C=O) groups is 1. The minimum atomic E-state index is -0.433. The molecule has 0 bridgehead atoms. The fourth-order valence-electron chi connectivity index (χ4n) is 1.89. The summed E-state index contributed by atoms with van der Waals surface area (Å²) in [5.74, 6) is 0.0710. The Labute approximate surface area is 110 Å². The van der Waals surface area contributed by atoms with Gasteiger partial charge in [-0.15, -0.1) is 0 Å². The summed E-state index contributed by atoms with van der Waals surface area (Å²) >= 11 is 0. The molecule has 5 heteroatoms. The summed E-state index contributed by atoms with van der Waals surface area (Å²) in [6.45, 7) is 5.13. The van der Waals surface area contributed by atoms with Gasteiger partial charge in [-0.1, -0.05) is 12.1 Å². The molecule has 0 aliphatic rings. The monoisotopic (exact) mass is 260 g/mol. The largest absolute Gasteiger partial charge is 0.462 e. The fraction of sp³-hybridized carbons (Fsp3) is 0.357. The van der Waals surface area contributed by atoms with Gasteiger partial charge in [0.15, 0.2) is 0 Å². The highest BCUT2D eigenvalue weighted by Gasteiger charge is 2.12. The van der Waals surface area contributed by atoms with Crippen LogP contribution >= 0.6 is 0 Å². The SMILES string of the molecule is Cc1nc2ccccc2c(=O)n1CC(=O)OC(C)C. The highest BCUT2D eigenvalue weighted by atomic mass is 16.5. The number of carbonyl (C=O) groups excluding carboxylic acids is 1. The predicted molar refractivity (Wildman–Crippen MR) is 72.0 cm³/mol. The molecule has 0 unspecified atom stereocenters. The Bertz CT molecular complexity index is 674. The third kappa shape index (κ3) is 2.81. The predicted octanol–water partition coefficient (Wildman–Crippen LogP) is 1.66. The first-order valence-corrected chi connectivity index (χ1v) is 6.14. The zero-order valence-electron chi connectivity index (χ0n) is 11.2. The average Bonchev–Trinajstić information content (AvgIpc) is 2.33. The van der Waals surface area contributed by atoms with Crippen LogP contribution in [0.3, 0.4) is 0 Å². The van der Waals surface area contributed by atoms with Gasteiger partial charge in [0.2, 0.25) is 0 Å². The first kappa shape index (κ1) is 13.3. The summed E-state index contributed by atoms with van der Waals surface area (Å²) < 4.78 is 6.39. The lowest BCUT2D eigenvalue weighted by Gasteiger charge is -2.12. The molecule has 0 saturated carbocycles. The van der Waals surface area contributed by atoms with E-state index in [0.29, 0.717) is 16.7 Å². The Morgan fingerprint density at radius 3 is 2.74 bits per heavy atom. The van der Waals surface area contributed by atoms with E-state index in [1.54, 1.807) is 39.0 Å². The van der Waals surface area contributed by atoms with Crippen LogP contribution in [0.5, 0.6) is 0 Å². The molecular weight excluding hydrogens is 244 g/mol. The van der Waals surface area contributed by atoms with Crippen molar-refractivity contribution in [3.8, 4) is 0 Å². The van der Waals surface area contributed by atoms with E-state index in [1.165, 1.54) is 4.57 Å². The number of esters is 1. The molecule has 1 aromatic carbocycles. The number of ether oxygens (including phenoxy) is 1. The van der Waals surface area contributed by atoms with Crippen molar-refractivity contribution >= 4 is 16.9 Å². The van der Waals surface area contributed by atoms with Crippen LogP contribution in [-0.2, 0) is 16.1 Å².